The molecule has 0 bridgehead atoms. The van der Waals surface area contributed by atoms with E-state index in [-0.39, 0.29) is 52.4 Å². The fourth-order valence-corrected chi connectivity index (χ4v) is 4.94. The molecule has 9 nitrogen and oxygen atoms in total. The normalized spacial score (nSPS) is 20.8. The van der Waals surface area contributed by atoms with Crippen LogP contribution in [0.3, 0.4) is 0 Å². The first kappa shape index (κ1) is 22.0. The molecule has 3 atom stereocenters. The third kappa shape index (κ3) is 4.51. The van der Waals surface area contributed by atoms with Gasteiger partial charge in [-0.2, -0.15) is 4.98 Å². The zero-order valence-corrected chi connectivity index (χ0v) is 18.4. The molecule has 1 saturated heterocycles. The molecule has 2 aromatic heterocycles. The summed E-state index contributed by atoms with van der Waals surface area (Å²) in [6.45, 7) is 6.26. The van der Waals surface area contributed by atoms with Crippen LogP contribution in [0.1, 0.15) is 36.2 Å². The third-order valence-corrected chi connectivity index (χ3v) is 6.40. The van der Waals surface area contributed by atoms with Crippen LogP contribution in [0.5, 0.6) is 0 Å². The SMILES string of the molecule is C=C(C)C[C@@H]1C[C@@H](COC(=O)c2ccccc2)OCC1n1c(=O)sc2c(=O)[nH]c(N)nc21. The van der Waals surface area contributed by atoms with Crippen molar-refractivity contribution in [3.8, 4) is 0 Å². The Morgan fingerprint density at radius 2 is 2.12 bits per heavy atom. The number of hydrogen-bond donors (Lipinski definition) is 2. The number of thiazole rings is 1. The maximum Gasteiger partial charge on any atom is 0.338 e. The van der Waals surface area contributed by atoms with Crippen molar-refractivity contribution in [1.29, 1.82) is 0 Å². The number of ether oxygens (including phenoxy) is 2. The Morgan fingerprint density at radius 3 is 2.84 bits per heavy atom. The maximum absolute atomic E-state index is 12.8. The van der Waals surface area contributed by atoms with Gasteiger partial charge in [-0.3, -0.25) is 19.1 Å². The summed E-state index contributed by atoms with van der Waals surface area (Å²) in [7, 11) is 0. The number of esters is 1. The lowest BCUT2D eigenvalue weighted by molar-refractivity contribution is -0.0688. The molecule has 1 unspecified atom stereocenters. The van der Waals surface area contributed by atoms with Crippen LogP contribution in [0.4, 0.5) is 5.95 Å². The van der Waals surface area contributed by atoms with E-state index >= 15 is 0 Å². The fourth-order valence-electron chi connectivity index (χ4n) is 4.07. The molecule has 0 aliphatic carbocycles. The monoisotopic (exact) mass is 456 g/mol. The summed E-state index contributed by atoms with van der Waals surface area (Å²) in [5, 5.41) is 0. The Morgan fingerprint density at radius 1 is 1.38 bits per heavy atom. The largest absolute Gasteiger partial charge is 0.459 e. The lowest BCUT2D eigenvalue weighted by Crippen LogP contribution is -2.40. The highest BCUT2D eigenvalue weighted by molar-refractivity contribution is 7.16. The highest BCUT2D eigenvalue weighted by atomic mass is 32.1. The van der Waals surface area contributed by atoms with Gasteiger partial charge >= 0.3 is 10.8 Å². The average Bonchev–Trinajstić information content (AvgIpc) is 3.08. The van der Waals surface area contributed by atoms with E-state index in [2.05, 4.69) is 16.5 Å². The van der Waals surface area contributed by atoms with Crippen molar-refractivity contribution in [3.63, 3.8) is 0 Å². The molecule has 0 saturated carbocycles. The number of nitrogen functional groups attached to an aromatic ring is 1. The molecule has 3 aromatic rings. The third-order valence-electron chi connectivity index (χ3n) is 5.46. The molecule has 1 aliphatic rings. The van der Waals surface area contributed by atoms with E-state index in [0.29, 0.717) is 18.4 Å². The molecule has 1 aliphatic heterocycles. The Kier molecular flexibility index (Phi) is 6.24. The number of hydrogen-bond acceptors (Lipinski definition) is 8. The predicted octanol–water partition coefficient (Wildman–Crippen LogP) is 2.50. The fraction of sp³-hybridized carbons (Fsp3) is 0.364. The molecular weight excluding hydrogens is 432 g/mol. The summed E-state index contributed by atoms with van der Waals surface area (Å²) in [5.41, 5.74) is 6.97. The van der Waals surface area contributed by atoms with E-state index in [9.17, 15) is 14.4 Å². The number of aromatic nitrogens is 3. The van der Waals surface area contributed by atoms with Crippen LogP contribution in [-0.2, 0) is 9.47 Å². The first-order valence-corrected chi connectivity index (χ1v) is 11.0. The summed E-state index contributed by atoms with van der Waals surface area (Å²) in [5.74, 6) is -0.473. The molecule has 3 heterocycles. The first-order valence-electron chi connectivity index (χ1n) is 10.2. The van der Waals surface area contributed by atoms with E-state index in [1.807, 2.05) is 13.0 Å². The second kappa shape index (κ2) is 9.09. The molecule has 1 aromatic carbocycles. The quantitative estimate of drug-likeness (QED) is 0.431. The van der Waals surface area contributed by atoms with Crippen LogP contribution in [0.2, 0.25) is 0 Å². The van der Waals surface area contributed by atoms with Gasteiger partial charge in [0.25, 0.3) is 5.56 Å². The number of anilines is 1. The Bertz CT molecular complexity index is 1260. The van der Waals surface area contributed by atoms with Crippen LogP contribution in [0.25, 0.3) is 10.3 Å². The molecule has 4 rings (SSSR count). The van der Waals surface area contributed by atoms with Crippen LogP contribution in [0, 0.1) is 5.92 Å². The number of fused-ring (bicyclic) bond motifs is 1. The van der Waals surface area contributed by atoms with E-state index in [0.717, 1.165) is 16.9 Å². The van der Waals surface area contributed by atoms with Crippen molar-refractivity contribution < 1.29 is 14.3 Å². The topological polar surface area (TPSA) is 129 Å². The summed E-state index contributed by atoms with van der Waals surface area (Å²) < 4.78 is 13.2. The van der Waals surface area contributed by atoms with Gasteiger partial charge in [0.2, 0.25) is 5.95 Å². The number of allylic oxidation sites excluding steroid dienone is 1. The molecule has 32 heavy (non-hydrogen) atoms. The smallest absolute Gasteiger partial charge is 0.338 e. The molecule has 3 N–H and O–H groups in total. The standard InChI is InChI=1S/C22H24N4O5S/c1-12(2)8-14-9-15(10-31-20(28)13-6-4-3-5-7-13)30-11-16(14)26-18-17(32-22(26)29)19(27)25-21(23)24-18/h3-7,14-16H,1,8-11H2,2H3,(H3,23,24,25,27)/t14-,15+,16?/m1/s1. The summed E-state index contributed by atoms with van der Waals surface area (Å²) in [4.78, 5) is 43.6. The molecule has 0 radical (unpaired) electrons. The minimum atomic E-state index is -0.438. The number of nitrogens with one attached hydrogen (secondary N) is 1. The molecule has 0 spiro atoms. The van der Waals surface area contributed by atoms with Gasteiger partial charge in [-0.25, -0.2) is 4.79 Å². The summed E-state index contributed by atoms with van der Waals surface area (Å²) in [6.07, 6.45) is 0.895. The Hall–Kier alpha value is -3.24. The van der Waals surface area contributed by atoms with E-state index in [1.165, 1.54) is 4.57 Å². The summed E-state index contributed by atoms with van der Waals surface area (Å²) in [6, 6.07) is 8.42. The van der Waals surface area contributed by atoms with Gasteiger partial charge in [-0.15, -0.1) is 6.58 Å². The minimum absolute atomic E-state index is 0.0144. The Labute approximate surface area is 187 Å². The van der Waals surface area contributed by atoms with E-state index in [1.54, 1.807) is 24.3 Å². The first-order chi connectivity index (χ1) is 15.3. The number of aromatic amines is 1. The number of nitrogens with zero attached hydrogens (tertiary/aromatic N) is 2. The number of carbonyl (C=O) groups is 1. The van der Waals surface area contributed by atoms with Gasteiger partial charge in [0, 0.05) is 0 Å². The number of nitrogens with two attached hydrogens (primary N) is 1. The van der Waals surface area contributed by atoms with E-state index in [4.69, 9.17) is 15.2 Å². The highest BCUT2D eigenvalue weighted by Crippen LogP contribution is 2.35. The minimum Gasteiger partial charge on any atom is -0.459 e. The van der Waals surface area contributed by atoms with Crippen molar-refractivity contribution in [3.05, 3.63) is 68.1 Å². The summed E-state index contributed by atoms with van der Waals surface area (Å²) >= 11 is 0.840. The molecule has 1 fully saturated rings. The predicted molar refractivity (Wildman–Crippen MR) is 122 cm³/mol. The number of carbonyl (C=O) groups excluding carboxylic acids is 1. The van der Waals surface area contributed by atoms with Gasteiger partial charge in [0.05, 0.1) is 24.3 Å². The number of H-pyrrole nitrogens is 1. The number of benzene rings is 1. The lowest BCUT2D eigenvalue weighted by Gasteiger charge is -2.36. The number of rotatable bonds is 6. The van der Waals surface area contributed by atoms with Crippen LogP contribution in [0.15, 0.2) is 52.1 Å². The second-order valence-electron chi connectivity index (χ2n) is 7.99. The van der Waals surface area contributed by atoms with E-state index < -0.39 is 11.5 Å². The maximum atomic E-state index is 12.8. The van der Waals surface area contributed by atoms with Gasteiger partial charge in [0.15, 0.2) is 5.65 Å². The lowest BCUT2D eigenvalue weighted by atomic mass is 9.86. The Balaban J connectivity index is 1.55. The zero-order chi connectivity index (χ0) is 22.8. The molecular formula is C22H24N4O5S. The zero-order valence-electron chi connectivity index (χ0n) is 17.6. The van der Waals surface area contributed by atoms with Crippen LogP contribution < -0.4 is 16.2 Å². The van der Waals surface area contributed by atoms with Crippen LogP contribution >= 0.6 is 11.3 Å². The van der Waals surface area contributed by atoms with Crippen LogP contribution in [-0.4, -0.2) is 39.8 Å². The van der Waals surface area contributed by atoms with Gasteiger partial charge in [0.1, 0.15) is 11.3 Å². The molecule has 0 amide bonds. The van der Waals surface area contributed by atoms with Crippen molar-refractivity contribution in [2.75, 3.05) is 18.9 Å². The van der Waals surface area contributed by atoms with Gasteiger partial charge < -0.3 is 15.2 Å². The van der Waals surface area contributed by atoms with Gasteiger partial charge in [-0.1, -0.05) is 35.1 Å². The van der Waals surface area contributed by atoms with Crippen molar-refractivity contribution in [2.45, 2.75) is 31.9 Å². The average molecular weight is 457 g/mol. The van der Waals surface area contributed by atoms with Crippen molar-refractivity contribution in [1.82, 2.24) is 14.5 Å². The van der Waals surface area contributed by atoms with Crippen molar-refractivity contribution in [2.24, 2.45) is 5.92 Å². The molecule has 10 heteroatoms. The highest BCUT2D eigenvalue weighted by Gasteiger charge is 2.35. The second-order valence-corrected chi connectivity index (χ2v) is 8.95. The van der Waals surface area contributed by atoms with Gasteiger partial charge in [-0.05, 0) is 37.8 Å². The molecule has 168 valence electrons. The van der Waals surface area contributed by atoms with Crippen molar-refractivity contribution >= 4 is 33.6 Å².